The van der Waals surface area contributed by atoms with E-state index in [9.17, 15) is 27.9 Å². The monoisotopic (exact) mass is 514 g/mol. The number of carboxylic acid groups (broad SMARTS) is 1. The molecule has 2 amide bonds. The number of amides is 2. The minimum absolute atomic E-state index is 0.142. The Morgan fingerprint density at radius 1 is 0.919 bits per heavy atom. The molecule has 0 unspecified atom stereocenters. The van der Waals surface area contributed by atoms with Crippen LogP contribution in [0.25, 0.3) is 0 Å². The Balaban J connectivity index is 1.76. The van der Waals surface area contributed by atoms with Gasteiger partial charge in [0, 0.05) is 24.9 Å². The highest BCUT2D eigenvalue weighted by atomic mass is 19.2. The molecule has 10 heteroatoms. The van der Waals surface area contributed by atoms with E-state index in [1.807, 2.05) is 0 Å². The molecule has 1 heterocycles. The van der Waals surface area contributed by atoms with Crippen molar-refractivity contribution in [1.29, 1.82) is 0 Å². The number of hydrogen-bond acceptors (Lipinski definition) is 4. The fourth-order valence-corrected chi connectivity index (χ4v) is 4.72. The van der Waals surface area contributed by atoms with Gasteiger partial charge in [-0.05, 0) is 47.0 Å². The molecule has 37 heavy (non-hydrogen) atoms. The molecule has 3 aromatic carbocycles. The number of benzene rings is 3. The number of piperidine rings is 1. The van der Waals surface area contributed by atoms with E-state index in [-0.39, 0.29) is 18.5 Å². The third-order valence-corrected chi connectivity index (χ3v) is 6.52. The van der Waals surface area contributed by atoms with Crippen LogP contribution in [0.4, 0.5) is 18.0 Å². The van der Waals surface area contributed by atoms with Crippen LogP contribution in [0.2, 0.25) is 0 Å². The van der Waals surface area contributed by atoms with Crippen molar-refractivity contribution in [2.24, 2.45) is 0 Å². The molecule has 0 aromatic heterocycles. The summed E-state index contributed by atoms with van der Waals surface area (Å²) >= 11 is 0. The first-order valence-electron chi connectivity index (χ1n) is 11.4. The molecule has 2 N–H and O–H groups in total. The second kappa shape index (κ2) is 10.8. The molecule has 3 aromatic rings. The quantitative estimate of drug-likeness (QED) is 0.440. The predicted molar refractivity (Wildman–Crippen MR) is 128 cm³/mol. The van der Waals surface area contributed by atoms with Gasteiger partial charge in [0.25, 0.3) is 0 Å². The Bertz CT molecular complexity index is 1240. The SMILES string of the molecule is COc1ccc(C(c2ccc(OC)cc2)N2C[C@H](NC(=O)O)[C@@H](c3cc(F)c(F)cc3F)CC2=O)cc1. The third-order valence-electron chi connectivity index (χ3n) is 6.52. The maximum atomic E-state index is 14.7. The number of ether oxygens (including phenoxy) is 2. The van der Waals surface area contributed by atoms with E-state index in [1.165, 1.54) is 19.1 Å². The minimum Gasteiger partial charge on any atom is -0.497 e. The molecule has 7 nitrogen and oxygen atoms in total. The van der Waals surface area contributed by atoms with Crippen LogP contribution in [-0.4, -0.2) is 48.8 Å². The van der Waals surface area contributed by atoms with Crippen LogP contribution in [0.15, 0.2) is 60.7 Å². The van der Waals surface area contributed by atoms with Gasteiger partial charge < -0.3 is 24.8 Å². The normalized spacial score (nSPS) is 17.6. The summed E-state index contributed by atoms with van der Waals surface area (Å²) in [5.74, 6) is -3.93. The van der Waals surface area contributed by atoms with Gasteiger partial charge in [-0.2, -0.15) is 0 Å². The standard InChI is InChI=1S/C27H25F3N2O5/c1-36-17-7-3-15(4-8-17)26(16-5-9-18(37-2)10-6-16)32-14-24(31-27(34)35)20(12-25(32)33)19-11-22(29)23(30)13-21(19)28/h3-11,13,20,24,26,31H,12,14H2,1-2H3,(H,34,35)/t20-,24+/m1/s1. The van der Waals surface area contributed by atoms with Gasteiger partial charge in [0.15, 0.2) is 11.6 Å². The molecule has 194 valence electrons. The Morgan fingerprint density at radius 2 is 1.43 bits per heavy atom. The van der Waals surface area contributed by atoms with Crippen LogP contribution >= 0.6 is 0 Å². The highest BCUT2D eigenvalue weighted by Gasteiger charge is 2.41. The van der Waals surface area contributed by atoms with Crippen molar-refractivity contribution in [1.82, 2.24) is 10.2 Å². The zero-order chi connectivity index (χ0) is 26.7. The maximum absolute atomic E-state index is 14.7. The molecule has 0 spiro atoms. The molecular weight excluding hydrogens is 489 g/mol. The number of rotatable bonds is 7. The lowest BCUT2D eigenvalue weighted by Crippen LogP contribution is -2.54. The first kappa shape index (κ1) is 25.9. The summed E-state index contributed by atoms with van der Waals surface area (Å²) in [6.45, 7) is -0.142. The summed E-state index contributed by atoms with van der Waals surface area (Å²) in [7, 11) is 3.06. The summed E-state index contributed by atoms with van der Waals surface area (Å²) in [4.78, 5) is 26.6. The lowest BCUT2D eigenvalue weighted by atomic mass is 9.82. The van der Waals surface area contributed by atoms with Crippen molar-refractivity contribution < 1.29 is 37.3 Å². The lowest BCUT2D eigenvalue weighted by molar-refractivity contribution is -0.136. The first-order chi connectivity index (χ1) is 17.7. The van der Waals surface area contributed by atoms with E-state index < -0.39 is 47.5 Å². The van der Waals surface area contributed by atoms with Crippen LogP contribution < -0.4 is 14.8 Å². The smallest absolute Gasteiger partial charge is 0.404 e. The largest absolute Gasteiger partial charge is 0.497 e. The minimum atomic E-state index is -1.39. The molecular formula is C27H25F3N2O5. The van der Waals surface area contributed by atoms with Gasteiger partial charge >= 0.3 is 6.09 Å². The van der Waals surface area contributed by atoms with Gasteiger partial charge in [0.2, 0.25) is 5.91 Å². The van der Waals surface area contributed by atoms with Crippen molar-refractivity contribution in [2.75, 3.05) is 20.8 Å². The van der Waals surface area contributed by atoms with E-state index in [2.05, 4.69) is 5.32 Å². The molecule has 0 aliphatic carbocycles. The zero-order valence-electron chi connectivity index (χ0n) is 20.1. The van der Waals surface area contributed by atoms with Crippen molar-refractivity contribution in [2.45, 2.75) is 24.4 Å². The van der Waals surface area contributed by atoms with Crippen LogP contribution in [-0.2, 0) is 4.79 Å². The Morgan fingerprint density at radius 3 is 1.92 bits per heavy atom. The average Bonchev–Trinajstić information content (AvgIpc) is 2.88. The number of methoxy groups -OCH3 is 2. The van der Waals surface area contributed by atoms with Gasteiger partial charge in [-0.1, -0.05) is 24.3 Å². The topological polar surface area (TPSA) is 88.1 Å². The van der Waals surface area contributed by atoms with Crippen molar-refractivity contribution in [3.8, 4) is 11.5 Å². The average molecular weight is 515 g/mol. The summed E-state index contributed by atoms with van der Waals surface area (Å²) in [6.07, 6.45) is -1.71. The Kier molecular flexibility index (Phi) is 7.56. The van der Waals surface area contributed by atoms with Crippen LogP contribution in [0, 0.1) is 17.5 Å². The molecule has 1 aliphatic heterocycles. The zero-order valence-corrected chi connectivity index (χ0v) is 20.1. The fourth-order valence-electron chi connectivity index (χ4n) is 4.72. The van der Waals surface area contributed by atoms with Crippen molar-refractivity contribution in [3.63, 3.8) is 0 Å². The number of nitrogens with zero attached hydrogens (tertiary/aromatic N) is 1. The van der Waals surface area contributed by atoms with Crippen molar-refractivity contribution >= 4 is 12.0 Å². The number of nitrogens with one attached hydrogen (secondary N) is 1. The number of carbonyl (C=O) groups is 2. The van der Waals surface area contributed by atoms with E-state index in [0.29, 0.717) is 23.6 Å². The van der Waals surface area contributed by atoms with Gasteiger partial charge in [-0.25, -0.2) is 18.0 Å². The first-order valence-corrected chi connectivity index (χ1v) is 11.4. The van der Waals surface area contributed by atoms with Crippen LogP contribution in [0.3, 0.4) is 0 Å². The second-order valence-electron chi connectivity index (χ2n) is 8.65. The number of hydrogen-bond donors (Lipinski definition) is 2. The molecule has 0 saturated carbocycles. The Labute approximate surface area is 211 Å². The van der Waals surface area contributed by atoms with Gasteiger partial charge in [0.05, 0.1) is 26.3 Å². The van der Waals surface area contributed by atoms with E-state index in [0.717, 1.165) is 11.1 Å². The van der Waals surface area contributed by atoms with Gasteiger partial charge in [-0.3, -0.25) is 4.79 Å². The van der Waals surface area contributed by atoms with E-state index >= 15 is 0 Å². The fraction of sp³-hybridized carbons (Fsp3) is 0.259. The van der Waals surface area contributed by atoms with Crippen LogP contribution in [0.5, 0.6) is 11.5 Å². The molecule has 0 radical (unpaired) electrons. The highest BCUT2D eigenvalue weighted by molar-refractivity contribution is 5.80. The van der Waals surface area contributed by atoms with Crippen molar-refractivity contribution in [3.05, 3.63) is 94.8 Å². The maximum Gasteiger partial charge on any atom is 0.404 e. The molecule has 2 atom stereocenters. The van der Waals surface area contributed by atoms with E-state index in [4.69, 9.17) is 9.47 Å². The summed E-state index contributed by atoms with van der Waals surface area (Å²) in [6, 6.07) is 13.6. The third kappa shape index (κ3) is 5.47. The molecule has 1 aliphatic rings. The van der Waals surface area contributed by atoms with Gasteiger partial charge in [-0.15, -0.1) is 0 Å². The van der Waals surface area contributed by atoms with E-state index in [1.54, 1.807) is 48.5 Å². The number of carbonyl (C=O) groups excluding carboxylic acids is 1. The lowest BCUT2D eigenvalue weighted by Gasteiger charge is -2.42. The van der Waals surface area contributed by atoms with Crippen LogP contribution in [0.1, 0.15) is 35.1 Å². The highest BCUT2D eigenvalue weighted by Crippen LogP contribution is 2.38. The summed E-state index contributed by atoms with van der Waals surface area (Å²) in [5.41, 5.74) is 1.19. The molecule has 4 rings (SSSR count). The van der Waals surface area contributed by atoms with Gasteiger partial charge in [0.1, 0.15) is 17.3 Å². The second-order valence-corrected chi connectivity index (χ2v) is 8.65. The molecule has 0 bridgehead atoms. The number of halogens is 3. The summed E-state index contributed by atoms with van der Waals surface area (Å²) < 4.78 is 52.7. The molecule has 1 fully saturated rings. The molecule has 1 saturated heterocycles. The predicted octanol–water partition coefficient (Wildman–Crippen LogP) is 4.86. The number of likely N-dealkylation sites (tertiary alicyclic amines) is 1. The Hall–Kier alpha value is -4.21. The summed E-state index contributed by atoms with van der Waals surface area (Å²) in [5, 5.41) is 11.8.